The third kappa shape index (κ3) is 1.90. The van der Waals surface area contributed by atoms with Crippen LogP contribution < -0.4 is 5.73 Å². The second-order valence-corrected chi connectivity index (χ2v) is 3.53. The van der Waals surface area contributed by atoms with Crippen molar-refractivity contribution in [3.63, 3.8) is 0 Å². The van der Waals surface area contributed by atoms with Gasteiger partial charge in [0.2, 0.25) is 0 Å². The van der Waals surface area contributed by atoms with E-state index in [4.69, 9.17) is 15.4 Å². The van der Waals surface area contributed by atoms with Gasteiger partial charge in [-0.2, -0.15) is 4.98 Å². The number of aryl methyl sites for hydroxylation is 1. The fourth-order valence-corrected chi connectivity index (χ4v) is 1.43. The van der Waals surface area contributed by atoms with E-state index < -0.39 is 0 Å². The van der Waals surface area contributed by atoms with Gasteiger partial charge in [0.1, 0.15) is 0 Å². The zero-order valence-electron chi connectivity index (χ0n) is 8.97. The van der Waals surface area contributed by atoms with Crippen molar-refractivity contribution in [1.82, 2.24) is 10.1 Å². The predicted molar refractivity (Wildman–Crippen MR) is 59.7 cm³/mol. The molecule has 0 aliphatic carbocycles. The highest BCUT2D eigenvalue weighted by molar-refractivity contribution is 5.72. The van der Waals surface area contributed by atoms with Crippen LogP contribution in [0.1, 0.15) is 11.4 Å². The van der Waals surface area contributed by atoms with Crippen LogP contribution in [0.5, 0.6) is 0 Å². The molecule has 16 heavy (non-hydrogen) atoms. The van der Waals surface area contributed by atoms with Gasteiger partial charge < -0.3 is 15.4 Å². The number of aromatic nitrogens is 2. The number of nitrogen functional groups attached to an aromatic ring is 1. The zero-order valence-corrected chi connectivity index (χ0v) is 8.97. The van der Waals surface area contributed by atoms with Gasteiger partial charge in [0.05, 0.1) is 12.2 Å². The fourth-order valence-electron chi connectivity index (χ4n) is 1.43. The fraction of sp³-hybridized carbons (Fsp3) is 0.273. The minimum Gasteiger partial charge on any atom is -0.398 e. The number of anilines is 1. The van der Waals surface area contributed by atoms with Crippen LogP contribution in [0.3, 0.4) is 0 Å². The normalized spacial score (nSPS) is 10.6. The van der Waals surface area contributed by atoms with E-state index in [1.807, 2.05) is 25.1 Å². The van der Waals surface area contributed by atoms with Crippen molar-refractivity contribution in [2.75, 3.05) is 12.3 Å². The molecule has 2 rings (SSSR count). The second kappa shape index (κ2) is 4.32. The van der Waals surface area contributed by atoms with Gasteiger partial charge in [-0.3, -0.25) is 0 Å². The van der Waals surface area contributed by atoms with Crippen molar-refractivity contribution >= 4 is 5.69 Å². The summed E-state index contributed by atoms with van der Waals surface area (Å²) < 4.78 is 5.09. The Hall–Kier alpha value is -1.88. The summed E-state index contributed by atoms with van der Waals surface area (Å²) in [6, 6.07) is 5.64. The molecule has 1 heterocycles. The van der Waals surface area contributed by atoms with E-state index in [2.05, 4.69) is 10.1 Å². The SMILES string of the molecule is Cc1cccc(-c2nc(CCO)no2)c1N. The lowest BCUT2D eigenvalue weighted by Crippen LogP contribution is -1.95. The number of aliphatic hydroxyl groups excluding tert-OH is 1. The predicted octanol–water partition coefficient (Wildman–Crippen LogP) is 1.16. The molecular weight excluding hydrogens is 206 g/mol. The summed E-state index contributed by atoms with van der Waals surface area (Å²) >= 11 is 0. The van der Waals surface area contributed by atoms with E-state index >= 15 is 0 Å². The highest BCUT2D eigenvalue weighted by atomic mass is 16.5. The Balaban J connectivity index is 2.39. The Bertz CT molecular complexity index is 494. The average molecular weight is 219 g/mol. The van der Waals surface area contributed by atoms with Gasteiger partial charge in [0.15, 0.2) is 5.82 Å². The first kappa shape index (κ1) is 10.6. The van der Waals surface area contributed by atoms with Crippen LogP contribution >= 0.6 is 0 Å². The Morgan fingerprint density at radius 3 is 3.00 bits per heavy atom. The van der Waals surface area contributed by atoms with Crippen LogP contribution in [0.25, 0.3) is 11.5 Å². The summed E-state index contributed by atoms with van der Waals surface area (Å²) in [6.07, 6.45) is 0.384. The largest absolute Gasteiger partial charge is 0.398 e. The molecule has 0 radical (unpaired) electrons. The molecule has 1 aromatic carbocycles. The van der Waals surface area contributed by atoms with Crippen molar-refractivity contribution in [3.8, 4) is 11.5 Å². The van der Waals surface area contributed by atoms with Crippen LogP contribution in [0.4, 0.5) is 5.69 Å². The van der Waals surface area contributed by atoms with Crippen molar-refractivity contribution < 1.29 is 9.63 Å². The quantitative estimate of drug-likeness (QED) is 0.756. The number of hydrogen-bond acceptors (Lipinski definition) is 5. The van der Waals surface area contributed by atoms with Gasteiger partial charge in [0.25, 0.3) is 5.89 Å². The Kier molecular flexibility index (Phi) is 2.87. The summed E-state index contributed by atoms with van der Waals surface area (Å²) in [5.41, 5.74) is 8.27. The number of rotatable bonds is 3. The summed E-state index contributed by atoms with van der Waals surface area (Å²) in [5.74, 6) is 0.878. The minimum absolute atomic E-state index is 0.00225. The van der Waals surface area contributed by atoms with Crippen molar-refractivity contribution in [2.24, 2.45) is 0 Å². The average Bonchev–Trinajstić information content (AvgIpc) is 2.71. The second-order valence-electron chi connectivity index (χ2n) is 3.53. The van der Waals surface area contributed by atoms with E-state index in [1.165, 1.54) is 0 Å². The standard InChI is InChI=1S/C11H13N3O2/c1-7-3-2-4-8(10(7)12)11-13-9(5-6-15)14-16-11/h2-4,15H,5-6,12H2,1H3. The number of para-hydroxylation sites is 1. The molecule has 0 unspecified atom stereocenters. The Morgan fingerprint density at radius 2 is 2.25 bits per heavy atom. The molecule has 2 aromatic rings. The van der Waals surface area contributed by atoms with Crippen LogP contribution in [0, 0.1) is 6.92 Å². The molecule has 5 nitrogen and oxygen atoms in total. The maximum atomic E-state index is 8.75. The number of benzene rings is 1. The molecule has 5 heteroatoms. The van der Waals surface area contributed by atoms with Crippen LogP contribution in [-0.4, -0.2) is 21.9 Å². The first-order chi connectivity index (χ1) is 7.72. The molecule has 84 valence electrons. The van der Waals surface area contributed by atoms with E-state index in [0.29, 0.717) is 23.8 Å². The summed E-state index contributed by atoms with van der Waals surface area (Å²) in [6.45, 7) is 1.92. The maximum Gasteiger partial charge on any atom is 0.260 e. The third-order valence-electron chi connectivity index (χ3n) is 2.36. The molecule has 0 spiro atoms. The highest BCUT2D eigenvalue weighted by Gasteiger charge is 2.12. The van der Waals surface area contributed by atoms with E-state index in [9.17, 15) is 0 Å². The third-order valence-corrected chi connectivity index (χ3v) is 2.36. The van der Waals surface area contributed by atoms with Gasteiger partial charge >= 0.3 is 0 Å². The molecule has 0 saturated carbocycles. The molecule has 0 atom stereocenters. The van der Waals surface area contributed by atoms with Crippen LogP contribution in [-0.2, 0) is 6.42 Å². The molecule has 0 bridgehead atoms. The van der Waals surface area contributed by atoms with Crippen LogP contribution in [0.2, 0.25) is 0 Å². The van der Waals surface area contributed by atoms with Gasteiger partial charge in [-0.05, 0) is 18.6 Å². The molecule has 0 saturated heterocycles. The lowest BCUT2D eigenvalue weighted by Gasteiger charge is -2.02. The molecule has 1 aromatic heterocycles. The van der Waals surface area contributed by atoms with Gasteiger partial charge in [-0.1, -0.05) is 17.3 Å². The summed E-state index contributed by atoms with van der Waals surface area (Å²) in [5, 5.41) is 12.5. The Labute approximate surface area is 92.9 Å². The molecular formula is C11H13N3O2. The lowest BCUT2D eigenvalue weighted by atomic mass is 10.1. The van der Waals surface area contributed by atoms with Gasteiger partial charge in [0, 0.05) is 12.1 Å². The van der Waals surface area contributed by atoms with E-state index in [-0.39, 0.29) is 6.61 Å². The molecule has 3 N–H and O–H groups in total. The zero-order chi connectivity index (χ0) is 11.5. The van der Waals surface area contributed by atoms with E-state index in [0.717, 1.165) is 11.1 Å². The number of hydrogen-bond donors (Lipinski definition) is 2. The number of nitrogens with zero attached hydrogens (tertiary/aromatic N) is 2. The number of aliphatic hydroxyl groups is 1. The van der Waals surface area contributed by atoms with Crippen LogP contribution in [0.15, 0.2) is 22.7 Å². The van der Waals surface area contributed by atoms with Crippen molar-refractivity contribution in [1.29, 1.82) is 0 Å². The smallest absolute Gasteiger partial charge is 0.260 e. The molecule has 0 aliphatic heterocycles. The topological polar surface area (TPSA) is 85.2 Å². The molecule has 0 amide bonds. The van der Waals surface area contributed by atoms with Gasteiger partial charge in [-0.15, -0.1) is 0 Å². The van der Waals surface area contributed by atoms with Gasteiger partial charge in [-0.25, -0.2) is 0 Å². The van der Waals surface area contributed by atoms with Crippen molar-refractivity contribution in [3.05, 3.63) is 29.6 Å². The monoisotopic (exact) mass is 219 g/mol. The van der Waals surface area contributed by atoms with Crippen molar-refractivity contribution in [2.45, 2.75) is 13.3 Å². The Morgan fingerprint density at radius 1 is 1.44 bits per heavy atom. The molecule has 0 fully saturated rings. The molecule has 0 aliphatic rings. The van der Waals surface area contributed by atoms with E-state index in [1.54, 1.807) is 0 Å². The summed E-state index contributed by atoms with van der Waals surface area (Å²) in [7, 11) is 0. The summed E-state index contributed by atoms with van der Waals surface area (Å²) in [4.78, 5) is 4.15. The first-order valence-electron chi connectivity index (χ1n) is 5.01. The first-order valence-corrected chi connectivity index (χ1v) is 5.01. The number of nitrogens with two attached hydrogens (primary N) is 1. The highest BCUT2D eigenvalue weighted by Crippen LogP contribution is 2.26. The minimum atomic E-state index is 0.00225. The maximum absolute atomic E-state index is 8.75. The lowest BCUT2D eigenvalue weighted by molar-refractivity contribution is 0.293.